The van der Waals surface area contributed by atoms with Crippen molar-refractivity contribution in [3.63, 3.8) is 0 Å². The Hall–Kier alpha value is -1.63. The third kappa shape index (κ3) is 6.76. The summed E-state index contributed by atoms with van der Waals surface area (Å²) in [6.07, 6.45) is 2.23. The number of rotatable bonds is 8. The van der Waals surface area contributed by atoms with E-state index in [4.69, 9.17) is 0 Å². The number of unbranched alkanes of at least 4 members (excludes halogenated alkanes) is 1. The molecule has 1 aromatic carbocycles. The number of benzene rings is 1. The first-order chi connectivity index (χ1) is 13.7. The highest BCUT2D eigenvalue weighted by atomic mass is 16.2. The minimum atomic E-state index is 0.107. The molecule has 2 aliphatic heterocycles. The van der Waals surface area contributed by atoms with Gasteiger partial charge in [0.15, 0.2) is 0 Å². The minimum Gasteiger partial charge on any atom is -0.338 e. The number of nitrogens with one attached hydrogen (secondary N) is 1. The number of nitrogens with zero attached hydrogens (tertiary/aromatic N) is 4. The van der Waals surface area contributed by atoms with E-state index < -0.39 is 0 Å². The number of amides is 2. The van der Waals surface area contributed by atoms with Crippen LogP contribution in [0.5, 0.6) is 0 Å². The molecule has 0 saturated carbocycles. The lowest BCUT2D eigenvalue weighted by molar-refractivity contribution is 0.132. The highest BCUT2D eigenvalue weighted by Gasteiger charge is 2.20. The molecule has 1 aromatic rings. The predicted molar refractivity (Wildman–Crippen MR) is 114 cm³/mol. The molecule has 6 nitrogen and oxygen atoms in total. The zero-order chi connectivity index (χ0) is 19.6. The van der Waals surface area contributed by atoms with E-state index in [1.165, 1.54) is 38.3 Å². The summed E-state index contributed by atoms with van der Waals surface area (Å²) in [5.74, 6) is 0. The van der Waals surface area contributed by atoms with E-state index in [1.54, 1.807) is 0 Å². The maximum atomic E-state index is 12.4. The maximum Gasteiger partial charge on any atom is 0.317 e. The van der Waals surface area contributed by atoms with E-state index in [0.717, 1.165) is 58.7 Å². The summed E-state index contributed by atoms with van der Waals surface area (Å²) in [5, 5.41) is 3.11. The molecular weight excluding hydrogens is 350 g/mol. The van der Waals surface area contributed by atoms with Crippen molar-refractivity contribution in [2.24, 2.45) is 0 Å². The number of piperazine rings is 2. The quantitative estimate of drug-likeness (QED) is 0.692. The summed E-state index contributed by atoms with van der Waals surface area (Å²) in [4.78, 5) is 21.8. The van der Waals surface area contributed by atoms with Crippen molar-refractivity contribution in [1.29, 1.82) is 0 Å². The second-order valence-electron chi connectivity index (χ2n) is 7.96. The van der Waals surface area contributed by atoms with Crippen LogP contribution < -0.4 is 5.32 Å². The van der Waals surface area contributed by atoms with E-state index in [0.29, 0.717) is 0 Å². The molecule has 3 rings (SSSR count). The van der Waals surface area contributed by atoms with Gasteiger partial charge in [0.25, 0.3) is 0 Å². The van der Waals surface area contributed by atoms with E-state index in [1.807, 2.05) is 4.90 Å². The number of likely N-dealkylation sites (N-methyl/N-ethyl adjacent to an activating group) is 1. The molecule has 0 unspecified atom stereocenters. The molecule has 2 amide bonds. The molecule has 0 atom stereocenters. The Kier molecular flexibility index (Phi) is 8.58. The molecule has 2 saturated heterocycles. The van der Waals surface area contributed by atoms with Crippen molar-refractivity contribution in [2.45, 2.75) is 26.3 Å². The fraction of sp³-hybridized carbons (Fsp3) is 0.682. The van der Waals surface area contributed by atoms with Gasteiger partial charge in [0.2, 0.25) is 0 Å². The fourth-order valence-corrected chi connectivity index (χ4v) is 4.05. The molecular formula is C22H37N5O. The van der Waals surface area contributed by atoms with Gasteiger partial charge in [-0.2, -0.15) is 0 Å². The first-order valence-electron chi connectivity index (χ1n) is 11.0. The maximum absolute atomic E-state index is 12.4. The Morgan fingerprint density at radius 1 is 0.857 bits per heavy atom. The van der Waals surface area contributed by atoms with Crippen LogP contribution in [0.2, 0.25) is 0 Å². The summed E-state index contributed by atoms with van der Waals surface area (Å²) in [6, 6.07) is 10.7. The Morgan fingerprint density at radius 3 is 2.18 bits per heavy atom. The molecule has 6 heteroatoms. The van der Waals surface area contributed by atoms with Crippen LogP contribution in [0, 0.1) is 0 Å². The lowest BCUT2D eigenvalue weighted by Gasteiger charge is -2.35. The lowest BCUT2D eigenvalue weighted by Crippen LogP contribution is -2.51. The summed E-state index contributed by atoms with van der Waals surface area (Å²) in [6.45, 7) is 14.6. The van der Waals surface area contributed by atoms with Crippen LogP contribution in [-0.4, -0.2) is 97.6 Å². The minimum absolute atomic E-state index is 0.107. The van der Waals surface area contributed by atoms with E-state index in [9.17, 15) is 4.79 Å². The van der Waals surface area contributed by atoms with Crippen LogP contribution in [0.4, 0.5) is 4.79 Å². The van der Waals surface area contributed by atoms with Crippen molar-refractivity contribution >= 4 is 6.03 Å². The third-order valence-electron chi connectivity index (χ3n) is 6.00. The first-order valence-corrected chi connectivity index (χ1v) is 11.0. The monoisotopic (exact) mass is 387 g/mol. The predicted octanol–water partition coefficient (Wildman–Crippen LogP) is 1.93. The van der Waals surface area contributed by atoms with Crippen molar-refractivity contribution in [3.8, 4) is 0 Å². The van der Waals surface area contributed by atoms with Gasteiger partial charge < -0.3 is 20.0 Å². The molecule has 2 heterocycles. The average Bonchev–Trinajstić information content (AvgIpc) is 2.75. The Labute approximate surface area is 170 Å². The van der Waals surface area contributed by atoms with Gasteiger partial charge in [0.05, 0.1) is 0 Å². The molecule has 2 aliphatic rings. The third-order valence-corrected chi connectivity index (χ3v) is 6.00. The van der Waals surface area contributed by atoms with Gasteiger partial charge in [-0.25, -0.2) is 4.79 Å². The Balaban J connectivity index is 1.23. The molecule has 156 valence electrons. The number of urea groups is 1. The summed E-state index contributed by atoms with van der Waals surface area (Å²) < 4.78 is 0. The van der Waals surface area contributed by atoms with Crippen molar-refractivity contribution in [2.75, 3.05) is 72.0 Å². The largest absolute Gasteiger partial charge is 0.338 e. The summed E-state index contributed by atoms with van der Waals surface area (Å²) in [5.41, 5.74) is 1.34. The molecule has 0 spiro atoms. The Bertz CT molecular complexity index is 566. The number of carbonyl (C=O) groups is 1. The van der Waals surface area contributed by atoms with E-state index >= 15 is 0 Å². The second-order valence-corrected chi connectivity index (χ2v) is 7.96. The molecule has 0 radical (unpaired) electrons. The van der Waals surface area contributed by atoms with Crippen LogP contribution in [-0.2, 0) is 6.54 Å². The SMILES string of the molecule is CCN1CCN(CCCCNC(=O)N2CCN(Cc3ccccc3)CC2)CC1. The molecule has 1 N–H and O–H groups in total. The topological polar surface area (TPSA) is 42.1 Å². The molecule has 0 aliphatic carbocycles. The van der Waals surface area contributed by atoms with Gasteiger partial charge in [0, 0.05) is 65.4 Å². The number of hydrogen-bond acceptors (Lipinski definition) is 4. The van der Waals surface area contributed by atoms with Gasteiger partial charge in [-0.3, -0.25) is 4.90 Å². The van der Waals surface area contributed by atoms with Crippen molar-refractivity contribution in [3.05, 3.63) is 35.9 Å². The van der Waals surface area contributed by atoms with Crippen molar-refractivity contribution < 1.29 is 4.79 Å². The summed E-state index contributed by atoms with van der Waals surface area (Å²) >= 11 is 0. The average molecular weight is 388 g/mol. The van der Waals surface area contributed by atoms with Gasteiger partial charge in [-0.15, -0.1) is 0 Å². The highest BCUT2D eigenvalue weighted by Crippen LogP contribution is 2.08. The number of carbonyl (C=O) groups excluding carboxylic acids is 1. The van der Waals surface area contributed by atoms with Gasteiger partial charge >= 0.3 is 6.03 Å². The van der Waals surface area contributed by atoms with Gasteiger partial charge in [0.1, 0.15) is 0 Å². The van der Waals surface area contributed by atoms with Crippen molar-refractivity contribution in [1.82, 2.24) is 24.9 Å². The number of hydrogen-bond donors (Lipinski definition) is 1. The van der Waals surface area contributed by atoms with Crippen LogP contribution in [0.3, 0.4) is 0 Å². The Morgan fingerprint density at radius 2 is 1.50 bits per heavy atom. The highest BCUT2D eigenvalue weighted by molar-refractivity contribution is 5.74. The van der Waals surface area contributed by atoms with Crippen LogP contribution in [0.1, 0.15) is 25.3 Å². The molecule has 0 bridgehead atoms. The van der Waals surface area contributed by atoms with Crippen LogP contribution >= 0.6 is 0 Å². The zero-order valence-corrected chi connectivity index (χ0v) is 17.5. The van der Waals surface area contributed by atoms with E-state index in [2.05, 4.69) is 57.3 Å². The second kappa shape index (κ2) is 11.4. The first kappa shape index (κ1) is 21.1. The standard InChI is InChI=1S/C22H37N5O/c1-2-24-12-14-25(15-13-24)11-7-6-10-23-22(28)27-18-16-26(17-19-27)20-21-8-4-3-5-9-21/h3-5,8-9H,2,6-7,10-20H2,1H3,(H,23,28). The van der Waals surface area contributed by atoms with Crippen LogP contribution in [0.25, 0.3) is 0 Å². The van der Waals surface area contributed by atoms with E-state index in [-0.39, 0.29) is 6.03 Å². The van der Waals surface area contributed by atoms with Gasteiger partial charge in [-0.1, -0.05) is 37.3 Å². The smallest absolute Gasteiger partial charge is 0.317 e. The molecule has 0 aromatic heterocycles. The van der Waals surface area contributed by atoms with Crippen LogP contribution in [0.15, 0.2) is 30.3 Å². The van der Waals surface area contributed by atoms with Gasteiger partial charge in [-0.05, 0) is 31.5 Å². The normalized spacial score (nSPS) is 19.7. The molecule has 2 fully saturated rings. The lowest BCUT2D eigenvalue weighted by atomic mass is 10.2. The zero-order valence-electron chi connectivity index (χ0n) is 17.5. The summed E-state index contributed by atoms with van der Waals surface area (Å²) in [7, 11) is 0. The fourth-order valence-electron chi connectivity index (χ4n) is 4.05. The molecule has 28 heavy (non-hydrogen) atoms.